The fraction of sp³-hybridized carbons (Fsp3) is 0.120. The van der Waals surface area contributed by atoms with Crippen molar-refractivity contribution in [3.63, 3.8) is 0 Å². The third-order valence-electron chi connectivity index (χ3n) is 5.40. The highest BCUT2D eigenvalue weighted by Crippen LogP contribution is 2.43. The number of nitrogens with zero attached hydrogens (tertiary/aromatic N) is 1. The van der Waals surface area contributed by atoms with Crippen molar-refractivity contribution in [1.29, 1.82) is 0 Å². The van der Waals surface area contributed by atoms with E-state index in [9.17, 15) is 23.5 Å². The first-order chi connectivity index (χ1) is 14.8. The number of halogens is 2. The highest BCUT2D eigenvalue weighted by Gasteiger charge is 2.47. The maximum atomic E-state index is 14.8. The largest absolute Gasteiger partial charge is 0.507 e. The third-order valence-corrected chi connectivity index (χ3v) is 5.40. The molecule has 156 valence electrons. The van der Waals surface area contributed by atoms with Crippen molar-refractivity contribution in [2.45, 2.75) is 19.9 Å². The average Bonchev–Trinajstić information content (AvgIpc) is 3.01. The molecule has 6 heteroatoms. The number of hydrogen-bond acceptors (Lipinski definition) is 3. The van der Waals surface area contributed by atoms with E-state index in [0.29, 0.717) is 11.1 Å². The smallest absolute Gasteiger partial charge is 0.300 e. The first-order valence-corrected chi connectivity index (χ1v) is 9.68. The molecule has 0 saturated carbocycles. The molecule has 0 spiro atoms. The average molecular weight is 419 g/mol. The predicted octanol–water partition coefficient (Wildman–Crippen LogP) is 5.21. The lowest BCUT2D eigenvalue weighted by atomic mass is 9.93. The van der Waals surface area contributed by atoms with Crippen LogP contribution >= 0.6 is 0 Å². The zero-order valence-corrected chi connectivity index (χ0v) is 16.9. The summed E-state index contributed by atoms with van der Waals surface area (Å²) in [5.41, 5.74) is 1.99. The molecule has 1 amide bonds. The summed E-state index contributed by atoms with van der Waals surface area (Å²) in [6, 6.07) is 14.9. The zero-order valence-electron chi connectivity index (χ0n) is 16.9. The number of carbonyl (C=O) groups is 2. The van der Waals surface area contributed by atoms with Gasteiger partial charge in [-0.3, -0.25) is 14.5 Å². The van der Waals surface area contributed by atoms with Gasteiger partial charge in [-0.25, -0.2) is 8.78 Å². The highest BCUT2D eigenvalue weighted by molar-refractivity contribution is 6.51. The molecule has 3 aromatic rings. The number of hydrogen-bond donors (Lipinski definition) is 1. The van der Waals surface area contributed by atoms with Crippen LogP contribution in [0.15, 0.2) is 72.3 Å². The van der Waals surface area contributed by atoms with Crippen LogP contribution in [-0.4, -0.2) is 16.8 Å². The van der Waals surface area contributed by atoms with Crippen LogP contribution in [-0.2, 0) is 9.59 Å². The quantitative estimate of drug-likeness (QED) is 0.360. The number of benzene rings is 3. The van der Waals surface area contributed by atoms with Crippen LogP contribution in [0.4, 0.5) is 14.5 Å². The van der Waals surface area contributed by atoms with E-state index in [-0.39, 0.29) is 22.6 Å². The van der Waals surface area contributed by atoms with E-state index in [1.807, 2.05) is 13.0 Å². The molecule has 0 aromatic heterocycles. The van der Waals surface area contributed by atoms with E-state index in [0.717, 1.165) is 22.6 Å². The van der Waals surface area contributed by atoms with Crippen molar-refractivity contribution >= 4 is 23.1 Å². The summed E-state index contributed by atoms with van der Waals surface area (Å²) in [7, 11) is 0. The van der Waals surface area contributed by atoms with Crippen molar-refractivity contribution in [2.24, 2.45) is 0 Å². The Morgan fingerprint density at radius 3 is 2.29 bits per heavy atom. The topological polar surface area (TPSA) is 57.6 Å². The number of carbonyl (C=O) groups excluding carboxylic acids is 2. The molecule has 4 rings (SSSR count). The Kier molecular flexibility index (Phi) is 5.15. The van der Waals surface area contributed by atoms with E-state index in [1.165, 1.54) is 30.3 Å². The summed E-state index contributed by atoms with van der Waals surface area (Å²) in [6.07, 6.45) is 0. The van der Waals surface area contributed by atoms with Crippen molar-refractivity contribution < 1.29 is 23.5 Å². The number of amides is 1. The van der Waals surface area contributed by atoms with E-state index in [4.69, 9.17) is 0 Å². The number of Topliss-reactive ketones (excluding diaryl/α,β-unsaturated/α-hetero) is 1. The summed E-state index contributed by atoms with van der Waals surface area (Å²) < 4.78 is 28.3. The van der Waals surface area contributed by atoms with Gasteiger partial charge >= 0.3 is 0 Å². The van der Waals surface area contributed by atoms with Crippen molar-refractivity contribution in [3.05, 3.63) is 106 Å². The van der Waals surface area contributed by atoms with Gasteiger partial charge in [-0.05, 0) is 55.8 Å². The number of ketones is 1. The molecule has 1 aliphatic heterocycles. The summed E-state index contributed by atoms with van der Waals surface area (Å²) in [6.45, 7) is 3.60. The minimum Gasteiger partial charge on any atom is -0.507 e. The van der Waals surface area contributed by atoms with Crippen LogP contribution in [0.5, 0.6) is 0 Å². The monoisotopic (exact) mass is 419 g/mol. The van der Waals surface area contributed by atoms with Gasteiger partial charge in [0.1, 0.15) is 17.4 Å². The van der Waals surface area contributed by atoms with Gasteiger partial charge in [-0.15, -0.1) is 0 Å². The Balaban J connectivity index is 2.00. The van der Waals surface area contributed by atoms with Crippen LogP contribution in [0.3, 0.4) is 0 Å². The van der Waals surface area contributed by atoms with Crippen LogP contribution in [0.25, 0.3) is 5.76 Å². The van der Waals surface area contributed by atoms with Crippen molar-refractivity contribution in [1.82, 2.24) is 0 Å². The molecule has 0 aliphatic carbocycles. The lowest BCUT2D eigenvalue weighted by Crippen LogP contribution is -2.29. The zero-order chi connectivity index (χ0) is 22.3. The molecule has 4 nitrogen and oxygen atoms in total. The van der Waals surface area contributed by atoms with Gasteiger partial charge in [-0.1, -0.05) is 35.9 Å². The van der Waals surface area contributed by atoms with Crippen molar-refractivity contribution in [2.75, 3.05) is 4.90 Å². The lowest BCUT2D eigenvalue weighted by Gasteiger charge is -2.26. The molecule has 1 unspecified atom stereocenters. The number of aliphatic hydroxyl groups is 1. The molecular formula is C25H19F2NO3. The molecule has 1 heterocycles. The summed E-state index contributed by atoms with van der Waals surface area (Å²) in [5.74, 6) is -3.38. The fourth-order valence-electron chi connectivity index (χ4n) is 3.83. The Morgan fingerprint density at radius 2 is 1.61 bits per heavy atom. The Labute approximate surface area is 178 Å². The second kappa shape index (κ2) is 7.80. The molecule has 1 saturated heterocycles. The molecule has 1 N–H and O–H groups in total. The number of anilines is 1. The van der Waals surface area contributed by atoms with Gasteiger partial charge in [0.05, 0.1) is 11.6 Å². The predicted molar refractivity (Wildman–Crippen MR) is 113 cm³/mol. The maximum absolute atomic E-state index is 14.8. The van der Waals surface area contributed by atoms with E-state index in [2.05, 4.69) is 0 Å². The molecule has 3 aromatic carbocycles. The second-order valence-corrected chi connectivity index (χ2v) is 7.49. The van der Waals surface area contributed by atoms with E-state index in [1.54, 1.807) is 25.1 Å². The van der Waals surface area contributed by atoms with E-state index >= 15 is 0 Å². The van der Waals surface area contributed by atoms with Gasteiger partial charge in [0, 0.05) is 16.8 Å². The molecule has 0 bridgehead atoms. The van der Waals surface area contributed by atoms with Gasteiger partial charge < -0.3 is 5.11 Å². The Hall–Kier alpha value is -3.80. The number of aryl methyl sites for hydroxylation is 2. The number of aliphatic hydroxyl groups excluding tert-OH is 1. The van der Waals surface area contributed by atoms with Crippen LogP contribution < -0.4 is 4.90 Å². The van der Waals surface area contributed by atoms with Gasteiger partial charge in [0.25, 0.3) is 11.7 Å². The van der Waals surface area contributed by atoms with Crippen LogP contribution in [0, 0.1) is 25.5 Å². The summed E-state index contributed by atoms with van der Waals surface area (Å²) in [5, 5.41) is 11.1. The molecule has 0 radical (unpaired) electrons. The third kappa shape index (κ3) is 3.50. The highest BCUT2D eigenvalue weighted by atomic mass is 19.1. The van der Waals surface area contributed by atoms with Gasteiger partial charge in [0.2, 0.25) is 0 Å². The van der Waals surface area contributed by atoms with Crippen LogP contribution in [0.2, 0.25) is 0 Å². The summed E-state index contributed by atoms with van der Waals surface area (Å²) >= 11 is 0. The first-order valence-electron chi connectivity index (χ1n) is 9.68. The minimum absolute atomic E-state index is 0.0536. The Morgan fingerprint density at radius 1 is 0.935 bits per heavy atom. The van der Waals surface area contributed by atoms with Gasteiger partial charge in [0.15, 0.2) is 0 Å². The number of rotatable bonds is 3. The fourth-order valence-corrected chi connectivity index (χ4v) is 3.83. The van der Waals surface area contributed by atoms with Crippen LogP contribution in [0.1, 0.15) is 28.3 Å². The minimum atomic E-state index is -1.20. The van der Waals surface area contributed by atoms with E-state index < -0.39 is 29.4 Å². The SMILES string of the molecule is Cc1ccc(C)c(/C(O)=C2\C(=O)C(=O)N(c3ccc(F)cc3)C2c2ccccc2F)c1. The standard InChI is InChI=1S/C25H19F2NO3/c1-14-7-8-15(2)19(13-14)23(29)21-22(18-5-3-4-6-20(18)27)28(25(31)24(21)30)17-11-9-16(26)10-12-17/h3-13,22,29H,1-2H3/b23-21+. The molecule has 1 fully saturated rings. The second-order valence-electron chi connectivity index (χ2n) is 7.49. The lowest BCUT2D eigenvalue weighted by molar-refractivity contribution is -0.132. The molecule has 31 heavy (non-hydrogen) atoms. The molecular weight excluding hydrogens is 400 g/mol. The normalized spacial score (nSPS) is 17.9. The molecule has 1 aliphatic rings. The first kappa shape index (κ1) is 20.5. The van der Waals surface area contributed by atoms with Crippen molar-refractivity contribution in [3.8, 4) is 0 Å². The Bertz CT molecular complexity index is 1230. The summed E-state index contributed by atoms with van der Waals surface area (Å²) in [4.78, 5) is 27.1. The maximum Gasteiger partial charge on any atom is 0.300 e. The van der Waals surface area contributed by atoms with Gasteiger partial charge in [-0.2, -0.15) is 0 Å². The molecule has 1 atom stereocenters.